The molecule has 5 heteroatoms. The van der Waals surface area contributed by atoms with Gasteiger partial charge in [0.05, 0.1) is 6.61 Å². The summed E-state index contributed by atoms with van der Waals surface area (Å²) >= 11 is 0. The second kappa shape index (κ2) is 9.89. The van der Waals surface area contributed by atoms with Crippen LogP contribution in [0.2, 0.25) is 0 Å². The standard InChI is InChI=1S/C10H20O4Si/c1-4-10(11)13-7-5-9(2)6-8-14-15-12-3/h4,9H,1,5-8,15H2,2-3H3. The van der Waals surface area contributed by atoms with Crippen LogP contribution in [0.15, 0.2) is 12.7 Å². The SMILES string of the molecule is C=CC(=O)OCCC(C)CCO[SiH2]OC. The van der Waals surface area contributed by atoms with Gasteiger partial charge in [0, 0.05) is 19.8 Å². The van der Waals surface area contributed by atoms with E-state index >= 15 is 0 Å². The largest absolute Gasteiger partial charge is 0.463 e. The van der Waals surface area contributed by atoms with Crippen LogP contribution in [0.25, 0.3) is 0 Å². The monoisotopic (exact) mass is 232 g/mol. The summed E-state index contributed by atoms with van der Waals surface area (Å²) in [6.07, 6.45) is 3.01. The Morgan fingerprint density at radius 3 is 2.73 bits per heavy atom. The maximum atomic E-state index is 10.7. The molecule has 0 spiro atoms. The first-order valence-electron chi connectivity index (χ1n) is 5.06. The Balaban J connectivity index is 3.29. The lowest BCUT2D eigenvalue weighted by Gasteiger charge is -2.11. The minimum atomic E-state index is -0.756. The average Bonchev–Trinajstić information content (AvgIpc) is 2.24. The predicted octanol–water partition coefficient (Wildman–Crippen LogP) is 0.794. The van der Waals surface area contributed by atoms with Gasteiger partial charge in [-0.25, -0.2) is 4.79 Å². The summed E-state index contributed by atoms with van der Waals surface area (Å²) in [5, 5.41) is 0. The molecule has 15 heavy (non-hydrogen) atoms. The van der Waals surface area contributed by atoms with E-state index < -0.39 is 10.0 Å². The minimum Gasteiger partial charge on any atom is -0.463 e. The van der Waals surface area contributed by atoms with E-state index in [1.165, 1.54) is 6.08 Å². The van der Waals surface area contributed by atoms with Gasteiger partial charge < -0.3 is 13.6 Å². The molecule has 0 amide bonds. The normalized spacial score (nSPS) is 12.9. The van der Waals surface area contributed by atoms with Crippen LogP contribution in [-0.4, -0.2) is 36.3 Å². The van der Waals surface area contributed by atoms with Crippen molar-refractivity contribution in [3.05, 3.63) is 12.7 Å². The molecule has 0 N–H and O–H groups in total. The molecule has 0 aliphatic rings. The molecule has 0 saturated heterocycles. The quantitative estimate of drug-likeness (QED) is 0.255. The number of esters is 1. The molecule has 0 aromatic carbocycles. The number of ether oxygens (including phenoxy) is 1. The predicted molar refractivity (Wildman–Crippen MR) is 61.1 cm³/mol. The summed E-state index contributed by atoms with van der Waals surface area (Å²) in [7, 11) is 0.901. The third kappa shape index (κ3) is 9.65. The molecule has 0 aliphatic heterocycles. The van der Waals surface area contributed by atoms with Crippen molar-refractivity contribution < 1.29 is 18.4 Å². The zero-order valence-corrected chi connectivity index (χ0v) is 10.9. The smallest absolute Gasteiger partial charge is 0.330 e. The number of carbonyl (C=O) groups is 1. The van der Waals surface area contributed by atoms with E-state index in [0.29, 0.717) is 12.5 Å². The first-order chi connectivity index (χ1) is 7.20. The highest BCUT2D eigenvalue weighted by Crippen LogP contribution is 2.07. The van der Waals surface area contributed by atoms with Gasteiger partial charge in [-0.2, -0.15) is 0 Å². The van der Waals surface area contributed by atoms with Crippen molar-refractivity contribution >= 4 is 16.0 Å². The molecule has 0 saturated carbocycles. The summed E-state index contributed by atoms with van der Waals surface area (Å²) in [5.74, 6) is 0.138. The van der Waals surface area contributed by atoms with Crippen molar-refractivity contribution in [3.8, 4) is 0 Å². The Morgan fingerprint density at radius 1 is 1.47 bits per heavy atom. The van der Waals surface area contributed by atoms with Gasteiger partial charge in [-0.05, 0) is 18.8 Å². The zero-order chi connectivity index (χ0) is 11.5. The van der Waals surface area contributed by atoms with Gasteiger partial charge in [-0.1, -0.05) is 13.5 Å². The van der Waals surface area contributed by atoms with Gasteiger partial charge in [-0.15, -0.1) is 0 Å². The fourth-order valence-electron chi connectivity index (χ4n) is 0.991. The van der Waals surface area contributed by atoms with Crippen molar-refractivity contribution in [1.29, 1.82) is 0 Å². The summed E-state index contributed by atoms with van der Waals surface area (Å²) in [6, 6.07) is 0. The molecule has 0 radical (unpaired) electrons. The van der Waals surface area contributed by atoms with E-state index in [1.807, 2.05) is 0 Å². The summed E-state index contributed by atoms with van der Waals surface area (Å²) < 4.78 is 15.1. The van der Waals surface area contributed by atoms with Gasteiger partial charge in [0.1, 0.15) is 0 Å². The Bertz CT molecular complexity index is 184. The third-order valence-corrected chi connectivity index (χ3v) is 2.67. The van der Waals surface area contributed by atoms with Crippen molar-refractivity contribution in [2.24, 2.45) is 5.92 Å². The van der Waals surface area contributed by atoms with Crippen LogP contribution in [-0.2, 0) is 18.4 Å². The minimum absolute atomic E-state index is 0.356. The van der Waals surface area contributed by atoms with Gasteiger partial charge in [0.15, 0.2) is 0 Å². The van der Waals surface area contributed by atoms with Crippen LogP contribution in [0.3, 0.4) is 0 Å². The molecular formula is C10H20O4Si. The number of rotatable bonds is 9. The fourth-order valence-corrected chi connectivity index (χ4v) is 1.44. The molecule has 0 aromatic rings. The van der Waals surface area contributed by atoms with Crippen molar-refractivity contribution in [2.45, 2.75) is 19.8 Å². The maximum absolute atomic E-state index is 10.7. The molecule has 0 heterocycles. The van der Waals surface area contributed by atoms with E-state index in [-0.39, 0.29) is 5.97 Å². The van der Waals surface area contributed by atoms with Gasteiger partial charge >= 0.3 is 16.0 Å². The van der Waals surface area contributed by atoms with E-state index in [2.05, 4.69) is 13.5 Å². The van der Waals surface area contributed by atoms with Gasteiger partial charge in [0.25, 0.3) is 0 Å². The number of hydrogen-bond acceptors (Lipinski definition) is 4. The lowest BCUT2D eigenvalue weighted by Crippen LogP contribution is -2.10. The highest BCUT2D eigenvalue weighted by Gasteiger charge is 2.03. The summed E-state index contributed by atoms with van der Waals surface area (Å²) in [6.45, 7) is 6.62. The van der Waals surface area contributed by atoms with E-state index in [1.54, 1.807) is 7.11 Å². The molecular weight excluding hydrogens is 212 g/mol. The van der Waals surface area contributed by atoms with Crippen LogP contribution in [0.1, 0.15) is 19.8 Å². The molecule has 0 aliphatic carbocycles. The zero-order valence-electron chi connectivity index (χ0n) is 9.53. The second-order valence-corrected chi connectivity index (χ2v) is 4.59. The Morgan fingerprint density at radius 2 is 2.13 bits per heavy atom. The van der Waals surface area contributed by atoms with Gasteiger partial charge in [0.2, 0.25) is 0 Å². The van der Waals surface area contributed by atoms with Crippen LogP contribution >= 0.6 is 0 Å². The van der Waals surface area contributed by atoms with Crippen LogP contribution in [0.5, 0.6) is 0 Å². The molecule has 0 aromatic heterocycles. The summed E-state index contributed by atoms with van der Waals surface area (Å²) in [4.78, 5) is 10.7. The van der Waals surface area contributed by atoms with Crippen molar-refractivity contribution in [1.82, 2.24) is 0 Å². The van der Waals surface area contributed by atoms with Crippen LogP contribution < -0.4 is 0 Å². The highest BCUT2D eigenvalue weighted by molar-refractivity contribution is 6.17. The van der Waals surface area contributed by atoms with E-state index in [0.717, 1.165) is 19.4 Å². The Labute approximate surface area is 93.7 Å². The molecule has 1 atom stereocenters. The molecule has 0 fully saturated rings. The molecule has 0 rings (SSSR count). The maximum Gasteiger partial charge on any atom is 0.330 e. The van der Waals surface area contributed by atoms with Gasteiger partial charge in [-0.3, -0.25) is 0 Å². The lowest BCUT2D eigenvalue weighted by atomic mass is 10.1. The molecule has 88 valence electrons. The third-order valence-electron chi connectivity index (χ3n) is 1.98. The number of hydrogen-bond donors (Lipinski definition) is 0. The average molecular weight is 232 g/mol. The summed E-state index contributed by atoms with van der Waals surface area (Å²) in [5.41, 5.74) is 0. The van der Waals surface area contributed by atoms with Crippen molar-refractivity contribution in [2.75, 3.05) is 20.3 Å². The fraction of sp³-hybridized carbons (Fsp3) is 0.700. The molecule has 4 nitrogen and oxygen atoms in total. The van der Waals surface area contributed by atoms with E-state index in [9.17, 15) is 4.79 Å². The van der Waals surface area contributed by atoms with Crippen LogP contribution in [0.4, 0.5) is 0 Å². The number of carbonyl (C=O) groups excluding carboxylic acids is 1. The lowest BCUT2D eigenvalue weighted by molar-refractivity contribution is -0.138. The van der Waals surface area contributed by atoms with E-state index in [4.69, 9.17) is 13.6 Å². The highest BCUT2D eigenvalue weighted by atomic mass is 28.3. The second-order valence-electron chi connectivity index (χ2n) is 3.37. The Kier molecular flexibility index (Phi) is 9.45. The molecule has 0 bridgehead atoms. The van der Waals surface area contributed by atoms with Crippen LogP contribution in [0, 0.1) is 5.92 Å². The topological polar surface area (TPSA) is 44.8 Å². The van der Waals surface area contributed by atoms with Crippen molar-refractivity contribution in [3.63, 3.8) is 0 Å². The Hall–Kier alpha value is -0.653. The first kappa shape index (κ1) is 14.3. The molecule has 1 unspecified atom stereocenters. The first-order valence-corrected chi connectivity index (χ1v) is 6.22.